The predicted molar refractivity (Wildman–Crippen MR) is 58.1 cm³/mol. The Balaban J connectivity index is 2.24. The van der Waals surface area contributed by atoms with E-state index in [2.05, 4.69) is 35.1 Å². The van der Waals surface area contributed by atoms with Crippen LogP contribution in [0.1, 0.15) is 26.0 Å². The summed E-state index contributed by atoms with van der Waals surface area (Å²) in [6.07, 6.45) is 2.69. The van der Waals surface area contributed by atoms with E-state index in [0.717, 1.165) is 26.1 Å². The molecule has 0 aliphatic rings. The van der Waals surface area contributed by atoms with Gasteiger partial charge in [0.25, 0.3) is 0 Å². The van der Waals surface area contributed by atoms with Crippen LogP contribution in [0.3, 0.4) is 0 Å². The highest BCUT2D eigenvalue weighted by Gasteiger charge is 1.99. The maximum Gasteiger partial charge on any atom is 0.0524 e. The molecule has 1 unspecified atom stereocenters. The quantitative estimate of drug-likeness (QED) is 0.674. The van der Waals surface area contributed by atoms with Gasteiger partial charge in [0.05, 0.1) is 6.10 Å². The van der Waals surface area contributed by atoms with Gasteiger partial charge in [-0.2, -0.15) is 0 Å². The molecule has 0 aliphatic heterocycles. The zero-order valence-electron chi connectivity index (χ0n) is 9.03. The lowest BCUT2D eigenvalue weighted by Crippen LogP contribution is -2.20. The van der Waals surface area contributed by atoms with E-state index in [-0.39, 0.29) is 6.10 Å². The van der Waals surface area contributed by atoms with Gasteiger partial charge in [0, 0.05) is 25.0 Å². The van der Waals surface area contributed by atoms with Crippen LogP contribution < -0.4 is 5.32 Å². The van der Waals surface area contributed by atoms with E-state index >= 15 is 0 Å². The Labute approximate surface area is 85.7 Å². The Kier molecular flexibility index (Phi) is 4.70. The largest absolute Gasteiger partial charge is 0.393 e. The molecule has 3 nitrogen and oxygen atoms in total. The maximum atomic E-state index is 9.07. The number of nitrogens with zero attached hydrogens (tertiary/aromatic N) is 1. The van der Waals surface area contributed by atoms with Crippen molar-refractivity contribution in [3.63, 3.8) is 0 Å². The van der Waals surface area contributed by atoms with Crippen molar-refractivity contribution in [2.75, 3.05) is 6.54 Å². The van der Waals surface area contributed by atoms with Crippen LogP contribution in [0.5, 0.6) is 0 Å². The van der Waals surface area contributed by atoms with Crippen molar-refractivity contribution in [2.24, 2.45) is 0 Å². The van der Waals surface area contributed by atoms with Crippen molar-refractivity contribution >= 4 is 0 Å². The molecule has 1 heterocycles. The molecular weight excluding hydrogens is 176 g/mol. The Morgan fingerprint density at radius 1 is 1.57 bits per heavy atom. The van der Waals surface area contributed by atoms with Gasteiger partial charge in [-0.15, -0.1) is 0 Å². The van der Waals surface area contributed by atoms with Crippen LogP contribution in [-0.4, -0.2) is 22.3 Å². The summed E-state index contributed by atoms with van der Waals surface area (Å²) in [7, 11) is 0. The molecule has 0 spiro atoms. The minimum absolute atomic E-state index is 0.208. The highest BCUT2D eigenvalue weighted by molar-refractivity contribution is 5.06. The number of aliphatic hydroxyl groups excluding tert-OH is 1. The van der Waals surface area contributed by atoms with Gasteiger partial charge in [-0.3, -0.25) is 0 Å². The van der Waals surface area contributed by atoms with E-state index in [1.54, 1.807) is 0 Å². The Hall–Kier alpha value is -0.800. The molecule has 14 heavy (non-hydrogen) atoms. The minimum atomic E-state index is -0.208. The van der Waals surface area contributed by atoms with Crippen LogP contribution in [0, 0.1) is 0 Å². The second-order valence-corrected chi connectivity index (χ2v) is 3.60. The first-order valence-electron chi connectivity index (χ1n) is 5.26. The summed E-state index contributed by atoms with van der Waals surface area (Å²) in [4.78, 5) is 0. The first-order chi connectivity index (χ1) is 6.74. The summed E-state index contributed by atoms with van der Waals surface area (Å²) >= 11 is 0. The molecule has 0 fully saturated rings. The fourth-order valence-corrected chi connectivity index (χ4v) is 1.45. The number of aryl methyl sites for hydroxylation is 1. The smallest absolute Gasteiger partial charge is 0.0524 e. The van der Waals surface area contributed by atoms with Crippen LogP contribution in [0.15, 0.2) is 18.3 Å². The normalized spacial score (nSPS) is 13.1. The van der Waals surface area contributed by atoms with Crippen molar-refractivity contribution < 1.29 is 5.11 Å². The van der Waals surface area contributed by atoms with Crippen LogP contribution in [0.2, 0.25) is 0 Å². The van der Waals surface area contributed by atoms with Crippen molar-refractivity contribution in [1.82, 2.24) is 9.88 Å². The molecule has 0 saturated heterocycles. The topological polar surface area (TPSA) is 37.2 Å². The van der Waals surface area contributed by atoms with Gasteiger partial charge in [0.2, 0.25) is 0 Å². The highest BCUT2D eigenvalue weighted by Crippen LogP contribution is 2.01. The number of hydrogen-bond acceptors (Lipinski definition) is 2. The number of nitrogens with one attached hydrogen (secondary N) is 1. The van der Waals surface area contributed by atoms with Crippen LogP contribution >= 0.6 is 0 Å². The number of aliphatic hydroxyl groups is 1. The average Bonchev–Trinajstić information content (AvgIpc) is 2.59. The third-order valence-electron chi connectivity index (χ3n) is 2.31. The molecule has 1 atom stereocenters. The molecule has 1 aromatic rings. The SMILES string of the molecule is CCn1cccc1CNCCC(C)O. The van der Waals surface area contributed by atoms with Gasteiger partial charge in [-0.05, 0) is 38.9 Å². The predicted octanol–water partition coefficient (Wildman–Crippen LogP) is 1.37. The molecule has 0 radical (unpaired) electrons. The minimum Gasteiger partial charge on any atom is -0.393 e. The summed E-state index contributed by atoms with van der Waals surface area (Å²) in [5, 5.41) is 12.4. The third-order valence-corrected chi connectivity index (χ3v) is 2.31. The van der Waals surface area contributed by atoms with Crippen LogP contribution in [0.4, 0.5) is 0 Å². The lowest BCUT2D eigenvalue weighted by atomic mass is 10.3. The first-order valence-corrected chi connectivity index (χ1v) is 5.26. The first kappa shape index (κ1) is 11.3. The molecule has 0 bridgehead atoms. The summed E-state index contributed by atoms with van der Waals surface area (Å²) in [5.74, 6) is 0. The molecule has 3 heteroatoms. The summed E-state index contributed by atoms with van der Waals surface area (Å²) in [5.41, 5.74) is 1.30. The zero-order chi connectivity index (χ0) is 10.4. The Bertz CT molecular complexity index is 256. The Morgan fingerprint density at radius 3 is 3.00 bits per heavy atom. The molecule has 1 rings (SSSR count). The molecule has 0 amide bonds. The number of aromatic nitrogens is 1. The average molecular weight is 196 g/mol. The standard InChI is InChI=1S/C11H20N2O/c1-3-13-8-4-5-11(13)9-12-7-6-10(2)14/h4-5,8,10,12,14H,3,6-7,9H2,1-2H3. The van der Waals surface area contributed by atoms with Gasteiger partial charge in [0.15, 0.2) is 0 Å². The molecule has 80 valence electrons. The van der Waals surface area contributed by atoms with Crippen molar-refractivity contribution in [3.05, 3.63) is 24.0 Å². The molecule has 1 aromatic heterocycles. The van der Waals surface area contributed by atoms with E-state index in [4.69, 9.17) is 5.11 Å². The van der Waals surface area contributed by atoms with Gasteiger partial charge in [0.1, 0.15) is 0 Å². The molecule has 2 N–H and O–H groups in total. The summed E-state index contributed by atoms with van der Waals surface area (Å²) < 4.78 is 2.22. The van der Waals surface area contributed by atoms with Crippen molar-refractivity contribution in [3.8, 4) is 0 Å². The van der Waals surface area contributed by atoms with Crippen molar-refractivity contribution in [2.45, 2.75) is 39.5 Å². The Morgan fingerprint density at radius 2 is 2.36 bits per heavy atom. The zero-order valence-corrected chi connectivity index (χ0v) is 9.03. The fraction of sp³-hybridized carbons (Fsp3) is 0.636. The van der Waals surface area contributed by atoms with E-state index < -0.39 is 0 Å². The van der Waals surface area contributed by atoms with E-state index in [0.29, 0.717) is 0 Å². The van der Waals surface area contributed by atoms with Crippen molar-refractivity contribution in [1.29, 1.82) is 0 Å². The third kappa shape index (κ3) is 3.52. The second kappa shape index (κ2) is 5.83. The molecule has 0 saturated carbocycles. The monoisotopic (exact) mass is 196 g/mol. The molecule has 0 aliphatic carbocycles. The lowest BCUT2D eigenvalue weighted by Gasteiger charge is -2.08. The number of rotatable bonds is 6. The summed E-state index contributed by atoms with van der Waals surface area (Å²) in [6, 6.07) is 4.19. The molecule has 0 aromatic carbocycles. The van der Waals surface area contributed by atoms with Gasteiger partial charge in [-0.25, -0.2) is 0 Å². The van der Waals surface area contributed by atoms with Crippen LogP contribution in [0.25, 0.3) is 0 Å². The van der Waals surface area contributed by atoms with E-state index in [1.807, 2.05) is 6.92 Å². The lowest BCUT2D eigenvalue weighted by molar-refractivity contribution is 0.183. The van der Waals surface area contributed by atoms with Gasteiger partial charge < -0.3 is 15.0 Å². The van der Waals surface area contributed by atoms with E-state index in [1.165, 1.54) is 5.69 Å². The fourth-order valence-electron chi connectivity index (χ4n) is 1.45. The van der Waals surface area contributed by atoms with Crippen LogP contribution in [-0.2, 0) is 13.1 Å². The van der Waals surface area contributed by atoms with E-state index in [9.17, 15) is 0 Å². The summed E-state index contributed by atoms with van der Waals surface area (Å²) in [6.45, 7) is 6.72. The molecular formula is C11H20N2O. The maximum absolute atomic E-state index is 9.07. The number of hydrogen-bond donors (Lipinski definition) is 2. The highest BCUT2D eigenvalue weighted by atomic mass is 16.3. The van der Waals surface area contributed by atoms with Gasteiger partial charge in [-0.1, -0.05) is 0 Å². The van der Waals surface area contributed by atoms with Gasteiger partial charge >= 0.3 is 0 Å². The second-order valence-electron chi connectivity index (χ2n) is 3.60.